The van der Waals surface area contributed by atoms with Crippen molar-refractivity contribution in [3.8, 4) is 0 Å². The van der Waals surface area contributed by atoms with Crippen molar-refractivity contribution in [2.24, 2.45) is 10.9 Å². The van der Waals surface area contributed by atoms with Crippen molar-refractivity contribution in [2.45, 2.75) is 6.42 Å². The smallest absolute Gasteiger partial charge is 0.256 e. The van der Waals surface area contributed by atoms with E-state index in [1.54, 1.807) is 0 Å². The highest BCUT2D eigenvalue weighted by molar-refractivity contribution is 6.31. The topological polar surface area (TPSA) is 41.5 Å². The van der Waals surface area contributed by atoms with Crippen LogP contribution in [0.4, 0.5) is 5.69 Å². The first-order valence-corrected chi connectivity index (χ1v) is 7.06. The lowest BCUT2D eigenvalue weighted by Gasteiger charge is -2.22. The van der Waals surface area contributed by atoms with Gasteiger partial charge in [-0.1, -0.05) is 30.4 Å². The van der Waals surface area contributed by atoms with Crippen molar-refractivity contribution < 1.29 is 4.79 Å². The summed E-state index contributed by atoms with van der Waals surface area (Å²) in [4.78, 5) is 16.6. The summed E-state index contributed by atoms with van der Waals surface area (Å²) in [5.41, 5.74) is 4.81. The van der Waals surface area contributed by atoms with Crippen molar-refractivity contribution in [2.75, 3.05) is 5.32 Å². The first kappa shape index (κ1) is 12.1. The van der Waals surface area contributed by atoms with Crippen LogP contribution in [0.15, 0.2) is 70.9 Å². The van der Waals surface area contributed by atoms with Gasteiger partial charge in [-0.2, -0.15) is 0 Å². The molecular formula is C18H14N2O. The van der Waals surface area contributed by atoms with Crippen LogP contribution in [0.25, 0.3) is 5.57 Å². The zero-order valence-electron chi connectivity index (χ0n) is 11.4. The summed E-state index contributed by atoms with van der Waals surface area (Å²) in [6, 6.07) is 7.80. The number of anilines is 1. The lowest BCUT2D eigenvalue weighted by atomic mass is 9.86. The predicted molar refractivity (Wildman–Crippen MR) is 85.0 cm³/mol. The van der Waals surface area contributed by atoms with Crippen LogP contribution in [0.2, 0.25) is 0 Å². The quantitative estimate of drug-likeness (QED) is 0.782. The molecule has 1 atom stereocenters. The van der Waals surface area contributed by atoms with Crippen LogP contribution in [0.3, 0.4) is 0 Å². The third kappa shape index (κ3) is 1.98. The molecule has 2 aliphatic heterocycles. The number of benzene rings is 1. The van der Waals surface area contributed by atoms with Crippen LogP contribution in [-0.2, 0) is 4.79 Å². The van der Waals surface area contributed by atoms with Crippen molar-refractivity contribution >= 4 is 23.4 Å². The highest BCUT2D eigenvalue weighted by atomic mass is 16.2. The Labute approximate surface area is 123 Å². The molecule has 2 heterocycles. The molecule has 1 aromatic carbocycles. The van der Waals surface area contributed by atoms with Gasteiger partial charge >= 0.3 is 0 Å². The average Bonchev–Trinajstić information content (AvgIpc) is 2.84. The standard InChI is InChI=1S/C18H14N2O/c21-18-15(14-6-2-4-8-17(14)20-18)11-12-9-10-19-16-7-3-1-5-13(12)16/h1-4,6-11,13H,5H2,(H,20,21)/b15-11+. The van der Waals surface area contributed by atoms with Crippen LogP contribution in [0.5, 0.6) is 0 Å². The molecule has 102 valence electrons. The van der Waals surface area contributed by atoms with Gasteiger partial charge in [-0.25, -0.2) is 0 Å². The van der Waals surface area contributed by atoms with E-state index < -0.39 is 0 Å². The monoisotopic (exact) mass is 274 g/mol. The molecule has 0 aromatic heterocycles. The van der Waals surface area contributed by atoms with Gasteiger partial charge in [0.25, 0.3) is 5.91 Å². The fourth-order valence-electron chi connectivity index (χ4n) is 2.98. The Kier molecular flexibility index (Phi) is 2.71. The number of hydrogen-bond acceptors (Lipinski definition) is 2. The normalized spacial score (nSPS) is 24.3. The van der Waals surface area contributed by atoms with E-state index >= 15 is 0 Å². The molecule has 3 heteroatoms. The Bertz CT molecular complexity index is 778. The molecule has 0 fully saturated rings. The summed E-state index contributed by atoms with van der Waals surface area (Å²) in [5, 5.41) is 2.91. The van der Waals surface area contributed by atoms with E-state index in [9.17, 15) is 4.79 Å². The van der Waals surface area contributed by atoms with E-state index in [0.717, 1.165) is 34.5 Å². The predicted octanol–water partition coefficient (Wildman–Crippen LogP) is 3.49. The summed E-state index contributed by atoms with van der Waals surface area (Å²) < 4.78 is 0. The van der Waals surface area contributed by atoms with Gasteiger partial charge in [0, 0.05) is 34.7 Å². The summed E-state index contributed by atoms with van der Waals surface area (Å²) in [6.45, 7) is 0. The maximum absolute atomic E-state index is 12.2. The van der Waals surface area contributed by atoms with Gasteiger partial charge in [0.2, 0.25) is 0 Å². The zero-order valence-corrected chi connectivity index (χ0v) is 11.4. The Morgan fingerprint density at radius 1 is 1.24 bits per heavy atom. The van der Waals surface area contributed by atoms with E-state index in [4.69, 9.17) is 0 Å². The fourth-order valence-corrected chi connectivity index (χ4v) is 2.98. The average molecular weight is 274 g/mol. The van der Waals surface area contributed by atoms with Crippen molar-refractivity contribution in [3.05, 3.63) is 71.5 Å². The molecule has 3 nitrogen and oxygen atoms in total. The minimum atomic E-state index is -0.0310. The molecule has 4 rings (SSSR count). The third-order valence-electron chi connectivity index (χ3n) is 4.05. The summed E-state index contributed by atoms with van der Waals surface area (Å²) in [6.07, 6.45) is 13.0. The Hall–Kier alpha value is -2.68. The van der Waals surface area contributed by atoms with E-state index in [2.05, 4.69) is 16.4 Å². The lowest BCUT2D eigenvalue weighted by Crippen LogP contribution is -2.12. The van der Waals surface area contributed by atoms with E-state index in [1.165, 1.54) is 0 Å². The van der Waals surface area contributed by atoms with Gasteiger partial charge in [-0.15, -0.1) is 0 Å². The van der Waals surface area contributed by atoms with Gasteiger partial charge in [-0.3, -0.25) is 9.79 Å². The molecule has 3 aliphatic rings. The maximum Gasteiger partial charge on any atom is 0.256 e. The fraction of sp³-hybridized carbons (Fsp3) is 0.111. The number of carbonyl (C=O) groups is 1. The SMILES string of the molecule is O=C1Nc2ccccc2/C1=C\C1=CC=NC2=CC=CCC12. The number of amides is 1. The van der Waals surface area contributed by atoms with Crippen LogP contribution >= 0.6 is 0 Å². The van der Waals surface area contributed by atoms with E-state index in [0.29, 0.717) is 0 Å². The minimum Gasteiger partial charge on any atom is -0.321 e. The van der Waals surface area contributed by atoms with Gasteiger partial charge < -0.3 is 5.32 Å². The zero-order chi connectivity index (χ0) is 14.2. The molecule has 0 radical (unpaired) electrons. The first-order valence-electron chi connectivity index (χ1n) is 7.06. The highest BCUT2D eigenvalue weighted by Crippen LogP contribution is 2.36. The number of rotatable bonds is 1. The first-order chi connectivity index (χ1) is 10.3. The molecular weight excluding hydrogens is 260 g/mol. The largest absolute Gasteiger partial charge is 0.321 e. The number of para-hydroxylation sites is 1. The van der Waals surface area contributed by atoms with Crippen LogP contribution < -0.4 is 5.32 Å². The number of allylic oxidation sites excluding steroid dienone is 6. The van der Waals surface area contributed by atoms with E-state index in [-0.39, 0.29) is 11.8 Å². The molecule has 1 aromatic rings. The highest BCUT2D eigenvalue weighted by Gasteiger charge is 2.26. The lowest BCUT2D eigenvalue weighted by molar-refractivity contribution is -0.110. The molecule has 1 amide bonds. The molecule has 0 saturated carbocycles. The summed E-state index contributed by atoms with van der Waals surface area (Å²) in [7, 11) is 0. The number of nitrogens with one attached hydrogen (secondary N) is 1. The number of nitrogens with zero attached hydrogens (tertiary/aromatic N) is 1. The Morgan fingerprint density at radius 3 is 3.10 bits per heavy atom. The Morgan fingerprint density at radius 2 is 2.14 bits per heavy atom. The molecule has 1 aliphatic carbocycles. The number of hydrogen-bond donors (Lipinski definition) is 1. The van der Waals surface area contributed by atoms with E-state index in [1.807, 2.05) is 54.8 Å². The van der Waals surface area contributed by atoms with Crippen molar-refractivity contribution in [1.29, 1.82) is 0 Å². The summed E-state index contributed by atoms with van der Waals surface area (Å²) in [5.74, 6) is 0.226. The van der Waals surface area contributed by atoms with Gasteiger partial charge in [-0.05, 0) is 36.3 Å². The second-order valence-electron chi connectivity index (χ2n) is 5.31. The van der Waals surface area contributed by atoms with Crippen molar-refractivity contribution in [3.63, 3.8) is 0 Å². The number of dihydropyridines is 1. The molecule has 0 bridgehead atoms. The van der Waals surface area contributed by atoms with Crippen molar-refractivity contribution in [1.82, 2.24) is 0 Å². The number of fused-ring (bicyclic) bond motifs is 2. The molecule has 1 N–H and O–H groups in total. The third-order valence-corrected chi connectivity index (χ3v) is 4.05. The van der Waals surface area contributed by atoms with Gasteiger partial charge in [0.1, 0.15) is 0 Å². The molecule has 1 unspecified atom stereocenters. The van der Waals surface area contributed by atoms with Gasteiger partial charge in [0.15, 0.2) is 0 Å². The number of carbonyl (C=O) groups excluding carboxylic acids is 1. The van der Waals surface area contributed by atoms with Gasteiger partial charge in [0.05, 0.1) is 0 Å². The number of aliphatic imine (C=N–C) groups is 1. The minimum absolute atomic E-state index is 0.0310. The van der Waals surface area contributed by atoms with Crippen LogP contribution in [0, 0.1) is 5.92 Å². The van der Waals surface area contributed by atoms with Crippen LogP contribution in [-0.4, -0.2) is 12.1 Å². The molecule has 0 saturated heterocycles. The molecule has 21 heavy (non-hydrogen) atoms. The second kappa shape index (κ2) is 4.70. The maximum atomic E-state index is 12.2. The molecule has 0 spiro atoms. The summed E-state index contributed by atoms with van der Waals surface area (Å²) >= 11 is 0. The Balaban J connectivity index is 1.77. The second-order valence-corrected chi connectivity index (χ2v) is 5.31. The van der Waals surface area contributed by atoms with Crippen LogP contribution in [0.1, 0.15) is 12.0 Å².